The van der Waals surface area contributed by atoms with E-state index in [0.29, 0.717) is 17.5 Å². The van der Waals surface area contributed by atoms with Gasteiger partial charge < -0.3 is 16.0 Å². The van der Waals surface area contributed by atoms with Gasteiger partial charge in [0.25, 0.3) is 0 Å². The molecule has 0 spiro atoms. The van der Waals surface area contributed by atoms with Crippen molar-refractivity contribution in [1.82, 2.24) is 10.3 Å². The van der Waals surface area contributed by atoms with E-state index >= 15 is 0 Å². The number of primary amides is 1. The fraction of sp³-hybridized carbons (Fsp3) is 0.600. The second-order valence-corrected chi connectivity index (χ2v) is 5.82. The maximum atomic E-state index is 11.1. The van der Waals surface area contributed by atoms with Crippen molar-refractivity contribution in [2.24, 2.45) is 11.7 Å². The Morgan fingerprint density at radius 1 is 1.35 bits per heavy atom. The fourth-order valence-corrected chi connectivity index (χ4v) is 3.38. The largest absolute Gasteiger partial charge is 0.366 e. The van der Waals surface area contributed by atoms with Crippen molar-refractivity contribution >= 4 is 11.7 Å². The molecular weight excluding hydrogens is 252 g/mol. The number of nitrogens with zero attached hydrogens (tertiary/aromatic N) is 2. The van der Waals surface area contributed by atoms with Gasteiger partial charge in [0.1, 0.15) is 5.82 Å². The number of nitrogens with two attached hydrogens (primary N) is 1. The fourth-order valence-electron chi connectivity index (χ4n) is 3.38. The molecule has 2 atom stereocenters. The van der Waals surface area contributed by atoms with Crippen LogP contribution in [-0.2, 0) is 0 Å². The third-order valence-electron chi connectivity index (χ3n) is 4.48. The monoisotopic (exact) mass is 274 g/mol. The van der Waals surface area contributed by atoms with Gasteiger partial charge in [-0.3, -0.25) is 4.79 Å². The lowest BCUT2D eigenvalue weighted by atomic mass is 9.90. The van der Waals surface area contributed by atoms with E-state index in [0.717, 1.165) is 25.5 Å². The van der Waals surface area contributed by atoms with Crippen LogP contribution >= 0.6 is 0 Å². The van der Waals surface area contributed by atoms with Gasteiger partial charge in [-0.15, -0.1) is 0 Å². The summed E-state index contributed by atoms with van der Waals surface area (Å²) < 4.78 is 0. The van der Waals surface area contributed by atoms with Gasteiger partial charge in [0.15, 0.2) is 0 Å². The Labute approximate surface area is 119 Å². The molecule has 2 fully saturated rings. The van der Waals surface area contributed by atoms with Gasteiger partial charge in [-0.1, -0.05) is 0 Å². The number of carbonyl (C=O) groups excluding carboxylic acids is 1. The van der Waals surface area contributed by atoms with E-state index in [4.69, 9.17) is 5.73 Å². The number of piperidine rings is 1. The molecule has 0 radical (unpaired) electrons. The van der Waals surface area contributed by atoms with Gasteiger partial charge in [-0.25, -0.2) is 4.98 Å². The summed E-state index contributed by atoms with van der Waals surface area (Å²) in [6.07, 6.45) is 6.68. The highest BCUT2D eigenvalue weighted by atomic mass is 16.1. The van der Waals surface area contributed by atoms with Crippen molar-refractivity contribution in [3.63, 3.8) is 0 Å². The predicted octanol–water partition coefficient (Wildman–Crippen LogP) is 1.15. The highest BCUT2D eigenvalue weighted by Crippen LogP contribution is 2.27. The molecule has 2 unspecified atom stereocenters. The number of pyridine rings is 1. The van der Waals surface area contributed by atoms with Crippen LogP contribution in [0.3, 0.4) is 0 Å². The van der Waals surface area contributed by atoms with E-state index in [9.17, 15) is 4.79 Å². The maximum Gasteiger partial charge on any atom is 0.250 e. The molecular formula is C15H22N4O. The van der Waals surface area contributed by atoms with Crippen LogP contribution in [0.15, 0.2) is 18.3 Å². The molecule has 0 aliphatic carbocycles. The maximum absolute atomic E-state index is 11.1. The summed E-state index contributed by atoms with van der Waals surface area (Å²) in [5, 5.41) is 3.61. The van der Waals surface area contributed by atoms with Crippen molar-refractivity contribution < 1.29 is 4.79 Å². The van der Waals surface area contributed by atoms with Crippen molar-refractivity contribution in [3.05, 3.63) is 23.9 Å². The van der Waals surface area contributed by atoms with Crippen LogP contribution < -0.4 is 16.0 Å². The van der Waals surface area contributed by atoms with E-state index in [2.05, 4.69) is 15.2 Å². The Hall–Kier alpha value is -1.62. The van der Waals surface area contributed by atoms with Crippen molar-refractivity contribution in [2.45, 2.75) is 31.7 Å². The zero-order chi connectivity index (χ0) is 13.9. The topological polar surface area (TPSA) is 71.2 Å². The normalized spacial score (nSPS) is 26.7. The molecule has 1 amide bonds. The zero-order valence-corrected chi connectivity index (χ0v) is 11.7. The van der Waals surface area contributed by atoms with Crippen molar-refractivity contribution in [1.29, 1.82) is 0 Å². The Morgan fingerprint density at radius 2 is 2.25 bits per heavy atom. The summed E-state index contributed by atoms with van der Waals surface area (Å²) in [5.41, 5.74) is 5.72. The number of hydrogen-bond acceptors (Lipinski definition) is 4. The first kappa shape index (κ1) is 13.4. The number of carbonyl (C=O) groups is 1. The number of hydrogen-bond donors (Lipinski definition) is 2. The smallest absolute Gasteiger partial charge is 0.250 e. The van der Waals surface area contributed by atoms with Gasteiger partial charge in [0.2, 0.25) is 5.91 Å². The summed E-state index contributed by atoms with van der Waals surface area (Å²) in [4.78, 5) is 17.8. The molecule has 2 saturated heterocycles. The summed E-state index contributed by atoms with van der Waals surface area (Å²) >= 11 is 0. The number of rotatable bonds is 3. The van der Waals surface area contributed by atoms with E-state index in [1.54, 1.807) is 12.3 Å². The second-order valence-electron chi connectivity index (χ2n) is 5.82. The minimum atomic E-state index is -0.421. The molecule has 2 aliphatic rings. The lowest BCUT2D eigenvalue weighted by Gasteiger charge is -2.36. The molecule has 3 rings (SSSR count). The number of nitrogens with one attached hydrogen (secondary N) is 1. The van der Waals surface area contributed by atoms with Crippen LogP contribution in [0.4, 0.5) is 5.82 Å². The highest BCUT2D eigenvalue weighted by molar-refractivity contribution is 5.92. The molecule has 0 saturated carbocycles. The van der Waals surface area contributed by atoms with E-state index in [1.807, 2.05) is 6.07 Å². The number of aromatic nitrogens is 1. The molecule has 5 heteroatoms. The first-order valence-corrected chi connectivity index (χ1v) is 7.48. The second kappa shape index (κ2) is 5.79. The predicted molar refractivity (Wildman–Crippen MR) is 78.7 cm³/mol. The van der Waals surface area contributed by atoms with Crippen LogP contribution in [0.5, 0.6) is 0 Å². The van der Waals surface area contributed by atoms with Crippen LogP contribution in [-0.4, -0.2) is 36.6 Å². The van der Waals surface area contributed by atoms with Gasteiger partial charge in [0.05, 0.1) is 5.56 Å². The summed E-state index contributed by atoms with van der Waals surface area (Å²) in [6, 6.07) is 4.34. The third kappa shape index (κ3) is 2.77. The Balaban J connectivity index is 1.68. The van der Waals surface area contributed by atoms with Crippen LogP contribution in [0.25, 0.3) is 0 Å². The minimum absolute atomic E-state index is 0.421. The molecule has 5 nitrogen and oxygen atoms in total. The molecule has 3 N–H and O–H groups in total. The van der Waals surface area contributed by atoms with Crippen molar-refractivity contribution in [3.8, 4) is 0 Å². The summed E-state index contributed by atoms with van der Waals surface area (Å²) in [7, 11) is 0. The lowest BCUT2D eigenvalue weighted by Crippen LogP contribution is -2.43. The Bertz CT molecular complexity index is 467. The molecule has 1 aromatic rings. The Kier molecular flexibility index (Phi) is 3.87. The molecule has 1 aromatic heterocycles. The molecule has 2 aliphatic heterocycles. The quantitative estimate of drug-likeness (QED) is 0.867. The van der Waals surface area contributed by atoms with Crippen LogP contribution in [0.1, 0.15) is 36.0 Å². The first-order chi connectivity index (χ1) is 9.74. The zero-order valence-electron chi connectivity index (χ0n) is 11.7. The molecule has 3 heterocycles. The lowest BCUT2D eigenvalue weighted by molar-refractivity contribution is 0.1000. The first-order valence-electron chi connectivity index (χ1n) is 7.48. The number of anilines is 1. The van der Waals surface area contributed by atoms with Gasteiger partial charge >= 0.3 is 0 Å². The highest BCUT2D eigenvalue weighted by Gasteiger charge is 2.29. The van der Waals surface area contributed by atoms with Gasteiger partial charge in [-0.2, -0.15) is 0 Å². The third-order valence-corrected chi connectivity index (χ3v) is 4.48. The van der Waals surface area contributed by atoms with E-state index in [1.165, 1.54) is 25.7 Å². The van der Waals surface area contributed by atoms with Crippen LogP contribution in [0.2, 0.25) is 0 Å². The van der Waals surface area contributed by atoms with E-state index < -0.39 is 5.91 Å². The van der Waals surface area contributed by atoms with Gasteiger partial charge in [0, 0.05) is 25.3 Å². The average Bonchev–Trinajstić information content (AvgIpc) is 3.02. The van der Waals surface area contributed by atoms with Crippen molar-refractivity contribution in [2.75, 3.05) is 24.5 Å². The minimum Gasteiger partial charge on any atom is -0.366 e. The molecule has 20 heavy (non-hydrogen) atoms. The molecule has 0 aromatic carbocycles. The van der Waals surface area contributed by atoms with Gasteiger partial charge in [-0.05, 0) is 50.3 Å². The Morgan fingerprint density at radius 3 is 2.90 bits per heavy atom. The number of amides is 1. The standard InChI is InChI=1S/C15H22N4O/c16-15(20)11-5-6-14(18-9-11)19-8-2-3-12(10-19)13-4-1-7-17-13/h5-6,9,12-13,17H,1-4,7-8,10H2,(H2,16,20). The van der Waals surface area contributed by atoms with Crippen LogP contribution in [0, 0.1) is 5.92 Å². The summed E-state index contributed by atoms with van der Waals surface area (Å²) in [6.45, 7) is 3.26. The van der Waals surface area contributed by atoms with E-state index in [-0.39, 0.29) is 0 Å². The average molecular weight is 274 g/mol. The molecule has 0 bridgehead atoms. The SMILES string of the molecule is NC(=O)c1ccc(N2CCCC(C3CCCN3)C2)nc1. The molecule has 108 valence electrons. The summed E-state index contributed by atoms with van der Waals surface area (Å²) in [5.74, 6) is 1.25.